The molecule has 0 fully saturated rings. The average molecular weight is 342 g/mol. The van der Waals surface area contributed by atoms with E-state index in [1.165, 1.54) is 11.3 Å². The number of aryl methyl sites for hydroxylation is 2. The quantitative estimate of drug-likeness (QED) is 0.873. The van der Waals surface area contributed by atoms with E-state index in [0.29, 0.717) is 6.42 Å². The number of amides is 2. The number of anilines is 2. The van der Waals surface area contributed by atoms with Gasteiger partial charge in [0.15, 0.2) is 0 Å². The summed E-state index contributed by atoms with van der Waals surface area (Å²) < 4.78 is 5.18. The van der Waals surface area contributed by atoms with Gasteiger partial charge >= 0.3 is 6.03 Å². The molecular weight excluding hydrogens is 316 g/mol. The Morgan fingerprint density at radius 1 is 1.40 bits per heavy atom. The van der Waals surface area contributed by atoms with E-state index in [1.807, 2.05) is 26.8 Å². The Kier molecular flexibility index (Phi) is 4.97. The molecule has 0 saturated carbocycles. The number of carbonyl (C=O) groups is 1. The molecule has 0 saturated heterocycles. The molecule has 0 spiro atoms. The van der Waals surface area contributed by atoms with Crippen LogP contribution in [-0.2, 0) is 12.8 Å². The zero-order valence-electron chi connectivity index (χ0n) is 15.3. The van der Waals surface area contributed by atoms with E-state index in [0.717, 1.165) is 42.2 Å². The van der Waals surface area contributed by atoms with Gasteiger partial charge in [0.05, 0.1) is 5.69 Å². The number of benzene rings is 1. The Morgan fingerprint density at radius 3 is 2.88 bits per heavy atom. The van der Waals surface area contributed by atoms with Gasteiger partial charge in [-0.3, -0.25) is 0 Å². The van der Waals surface area contributed by atoms with Crippen molar-refractivity contribution in [3.8, 4) is 0 Å². The van der Waals surface area contributed by atoms with Gasteiger partial charge in [0.1, 0.15) is 5.76 Å². The van der Waals surface area contributed by atoms with Crippen LogP contribution in [0.25, 0.3) is 0 Å². The third-order valence-corrected chi connectivity index (χ3v) is 4.79. The summed E-state index contributed by atoms with van der Waals surface area (Å²) in [5, 5.41) is 9.88. The summed E-state index contributed by atoms with van der Waals surface area (Å²) in [5.41, 5.74) is 5.33. The largest absolute Gasteiger partial charge is 0.371 e. The summed E-state index contributed by atoms with van der Waals surface area (Å²) in [6, 6.07) is 5.92. The van der Waals surface area contributed by atoms with E-state index >= 15 is 0 Å². The van der Waals surface area contributed by atoms with Gasteiger partial charge in [-0.1, -0.05) is 11.2 Å². The minimum absolute atomic E-state index is 0.0154. The number of hydrogen-bond acceptors (Lipinski definition) is 4. The summed E-state index contributed by atoms with van der Waals surface area (Å²) >= 11 is 0. The number of nitrogens with zero attached hydrogens (tertiary/aromatic N) is 2. The second-order valence-corrected chi connectivity index (χ2v) is 6.68. The lowest BCUT2D eigenvalue weighted by Gasteiger charge is -2.18. The molecule has 2 heterocycles. The first-order valence-electron chi connectivity index (χ1n) is 8.85. The Bertz CT molecular complexity index is 749. The van der Waals surface area contributed by atoms with Gasteiger partial charge in [0.2, 0.25) is 0 Å². The first-order chi connectivity index (χ1) is 12.0. The van der Waals surface area contributed by atoms with E-state index in [-0.39, 0.29) is 12.1 Å². The number of hydrogen-bond donors (Lipinski definition) is 2. The van der Waals surface area contributed by atoms with Crippen LogP contribution < -0.4 is 15.5 Å². The molecule has 1 aromatic heterocycles. The fourth-order valence-electron chi connectivity index (χ4n) is 3.39. The molecule has 1 aliphatic heterocycles. The Morgan fingerprint density at radius 2 is 2.20 bits per heavy atom. The Balaban J connectivity index is 1.59. The van der Waals surface area contributed by atoms with E-state index < -0.39 is 0 Å². The van der Waals surface area contributed by atoms with Gasteiger partial charge in [-0.05, 0) is 58.2 Å². The van der Waals surface area contributed by atoms with Crippen LogP contribution in [0.1, 0.15) is 36.4 Å². The third-order valence-electron chi connectivity index (χ3n) is 4.79. The molecule has 2 amide bonds. The molecule has 1 atom stereocenters. The van der Waals surface area contributed by atoms with Crippen LogP contribution in [-0.4, -0.2) is 30.3 Å². The van der Waals surface area contributed by atoms with Gasteiger partial charge < -0.3 is 20.1 Å². The number of rotatable bonds is 5. The van der Waals surface area contributed by atoms with Gasteiger partial charge in [-0.25, -0.2) is 4.79 Å². The van der Waals surface area contributed by atoms with Crippen molar-refractivity contribution in [2.24, 2.45) is 0 Å². The summed E-state index contributed by atoms with van der Waals surface area (Å²) in [6.07, 6.45) is 1.77. The van der Waals surface area contributed by atoms with Crippen molar-refractivity contribution in [3.63, 3.8) is 0 Å². The van der Waals surface area contributed by atoms with Crippen molar-refractivity contribution in [1.29, 1.82) is 0 Å². The molecule has 0 radical (unpaired) electrons. The van der Waals surface area contributed by atoms with Crippen molar-refractivity contribution in [2.75, 3.05) is 23.3 Å². The molecule has 6 heteroatoms. The van der Waals surface area contributed by atoms with E-state index in [4.69, 9.17) is 4.52 Å². The maximum atomic E-state index is 12.3. The highest BCUT2D eigenvalue weighted by atomic mass is 16.5. The van der Waals surface area contributed by atoms with E-state index in [2.05, 4.69) is 39.7 Å². The van der Waals surface area contributed by atoms with Crippen LogP contribution in [0.15, 0.2) is 22.7 Å². The van der Waals surface area contributed by atoms with Gasteiger partial charge in [-0.15, -0.1) is 0 Å². The highest BCUT2D eigenvalue weighted by Gasteiger charge is 2.19. The van der Waals surface area contributed by atoms with Crippen LogP contribution in [0.4, 0.5) is 16.2 Å². The van der Waals surface area contributed by atoms with Crippen molar-refractivity contribution in [2.45, 2.75) is 46.6 Å². The number of nitrogens with one attached hydrogen (secondary N) is 2. The lowest BCUT2D eigenvalue weighted by Crippen LogP contribution is -2.37. The summed E-state index contributed by atoms with van der Waals surface area (Å²) in [5.74, 6) is 0.810. The molecule has 134 valence electrons. The Hall–Kier alpha value is -2.50. The fourth-order valence-corrected chi connectivity index (χ4v) is 3.39. The molecule has 0 bridgehead atoms. The third kappa shape index (κ3) is 3.78. The monoisotopic (exact) mass is 342 g/mol. The van der Waals surface area contributed by atoms with E-state index in [9.17, 15) is 4.79 Å². The smallest absolute Gasteiger partial charge is 0.319 e. The lowest BCUT2D eigenvalue weighted by molar-refractivity contribution is 0.249. The molecule has 2 N–H and O–H groups in total. The molecule has 0 unspecified atom stereocenters. The second kappa shape index (κ2) is 7.17. The molecule has 2 aromatic rings. The number of fused-ring (bicyclic) bond motifs is 1. The highest BCUT2D eigenvalue weighted by molar-refractivity contribution is 5.90. The summed E-state index contributed by atoms with van der Waals surface area (Å²) in [6.45, 7) is 9.98. The maximum absolute atomic E-state index is 12.3. The highest BCUT2D eigenvalue weighted by Crippen LogP contribution is 2.30. The molecule has 0 aliphatic carbocycles. The SMILES string of the molecule is CCN1CCc2ccc(NC(=O)N[C@H](C)Cc3c(C)noc3C)cc21. The summed E-state index contributed by atoms with van der Waals surface area (Å²) in [7, 11) is 0. The van der Waals surface area contributed by atoms with E-state index in [1.54, 1.807) is 0 Å². The van der Waals surface area contributed by atoms with Crippen molar-refractivity contribution < 1.29 is 9.32 Å². The topological polar surface area (TPSA) is 70.4 Å². The second-order valence-electron chi connectivity index (χ2n) is 6.68. The van der Waals surface area contributed by atoms with Crippen LogP contribution in [0.2, 0.25) is 0 Å². The molecule has 1 aliphatic rings. The standard InChI is InChI=1S/C19H26N4O2/c1-5-23-9-8-15-6-7-16(11-18(15)23)21-19(24)20-12(2)10-17-13(3)22-25-14(17)4/h6-7,11-12H,5,8-10H2,1-4H3,(H2,20,21,24)/t12-/m1/s1. The Labute approximate surface area is 148 Å². The zero-order valence-corrected chi connectivity index (χ0v) is 15.3. The van der Waals surface area contributed by atoms with Crippen LogP contribution in [0.3, 0.4) is 0 Å². The van der Waals surface area contributed by atoms with Crippen molar-refractivity contribution >= 4 is 17.4 Å². The van der Waals surface area contributed by atoms with Crippen LogP contribution in [0, 0.1) is 13.8 Å². The van der Waals surface area contributed by atoms with Crippen molar-refractivity contribution in [3.05, 3.63) is 40.8 Å². The van der Waals surface area contributed by atoms with Gasteiger partial charge in [-0.2, -0.15) is 0 Å². The van der Waals surface area contributed by atoms with Crippen LogP contribution >= 0.6 is 0 Å². The predicted octanol–water partition coefficient (Wildman–Crippen LogP) is 3.43. The normalized spacial score (nSPS) is 14.3. The fraction of sp³-hybridized carbons (Fsp3) is 0.474. The molecule has 6 nitrogen and oxygen atoms in total. The number of aromatic nitrogens is 1. The minimum Gasteiger partial charge on any atom is -0.371 e. The number of likely N-dealkylation sites (N-methyl/N-ethyl adjacent to an activating group) is 1. The maximum Gasteiger partial charge on any atom is 0.319 e. The molecule has 25 heavy (non-hydrogen) atoms. The lowest BCUT2D eigenvalue weighted by atomic mass is 10.1. The van der Waals surface area contributed by atoms with Gasteiger partial charge in [0.25, 0.3) is 0 Å². The predicted molar refractivity (Wildman–Crippen MR) is 99.3 cm³/mol. The number of carbonyl (C=O) groups excluding carboxylic acids is 1. The first kappa shape index (κ1) is 17.3. The minimum atomic E-state index is -0.194. The number of urea groups is 1. The first-order valence-corrected chi connectivity index (χ1v) is 8.85. The van der Waals surface area contributed by atoms with Crippen molar-refractivity contribution in [1.82, 2.24) is 10.5 Å². The van der Waals surface area contributed by atoms with Crippen LogP contribution in [0.5, 0.6) is 0 Å². The molecule has 3 rings (SSSR count). The summed E-state index contributed by atoms with van der Waals surface area (Å²) in [4.78, 5) is 14.6. The van der Waals surface area contributed by atoms with Gasteiger partial charge in [0, 0.05) is 36.1 Å². The molecular formula is C19H26N4O2. The molecule has 1 aromatic carbocycles. The average Bonchev–Trinajstić information content (AvgIpc) is 3.12. The zero-order chi connectivity index (χ0) is 18.0.